The van der Waals surface area contributed by atoms with Crippen molar-refractivity contribution in [2.75, 3.05) is 6.61 Å². The Bertz CT molecular complexity index is 235. The second kappa shape index (κ2) is 10.3. The molecule has 0 bridgehead atoms. The number of aldehydes is 1. The molecule has 0 aliphatic heterocycles. The summed E-state index contributed by atoms with van der Waals surface area (Å²) < 4.78 is 5.67. The van der Waals surface area contributed by atoms with E-state index in [1.54, 1.807) is 0 Å². The van der Waals surface area contributed by atoms with Crippen molar-refractivity contribution in [2.24, 2.45) is 5.41 Å². The van der Waals surface area contributed by atoms with Crippen LogP contribution >= 0.6 is 0 Å². The number of carbonyl (C=O) groups is 1. The van der Waals surface area contributed by atoms with Gasteiger partial charge in [0.2, 0.25) is 0 Å². The highest BCUT2D eigenvalue weighted by molar-refractivity contribution is 5.63. The highest BCUT2D eigenvalue weighted by Gasteiger charge is 2.33. The summed E-state index contributed by atoms with van der Waals surface area (Å²) in [5, 5.41) is 0. The van der Waals surface area contributed by atoms with Crippen LogP contribution in [0.3, 0.4) is 0 Å². The molecule has 2 nitrogen and oxygen atoms in total. The molecule has 106 valence electrons. The first-order valence-electron chi connectivity index (χ1n) is 7.42. The smallest absolute Gasteiger partial charge is 0.132 e. The highest BCUT2D eigenvalue weighted by atomic mass is 16.5. The molecule has 0 fully saturated rings. The van der Waals surface area contributed by atoms with Crippen LogP contribution in [0.5, 0.6) is 0 Å². The standard InChI is InChI=1S/C16H30O2/c1-5-8-10-11-13-16(14-17,12-9-6-2)15(4)18-7-3/h11,13-15H,5-10,12H2,1-4H3/b13-11+/t15-,16+/m0/s1. The van der Waals surface area contributed by atoms with Gasteiger partial charge in [0, 0.05) is 6.61 Å². The van der Waals surface area contributed by atoms with Gasteiger partial charge in [0.25, 0.3) is 0 Å². The van der Waals surface area contributed by atoms with E-state index in [-0.39, 0.29) is 6.10 Å². The number of hydrogen-bond acceptors (Lipinski definition) is 2. The number of ether oxygens (including phenoxy) is 1. The fourth-order valence-electron chi connectivity index (χ4n) is 2.13. The van der Waals surface area contributed by atoms with Gasteiger partial charge in [0.05, 0.1) is 11.5 Å². The molecular formula is C16H30O2. The molecule has 0 heterocycles. The molecule has 0 N–H and O–H groups in total. The summed E-state index contributed by atoms with van der Waals surface area (Å²) >= 11 is 0. The number of hydrogen-bond donors (Lipinski definition) is 0. The van der Waals surface area contributed by atoms with Crippen LogP contribution < -0.4 is 0 Å². The van der Waals surface area contributed by atoms with Crippen molar-refractivity contribution in [3.8, 4) is 0 Å². The lowest BCUT2D eigenvalue weighted by Gasteiger charge is -2.31. The first kappa shape index (κ1) is 17.4. The highest BCUT2D eigenvalue weighted by Crippen LogP contribution is 2.31. The van der Waals surface area contributed by atoms with Gasteiger partial charge in [-0.05, 0) is 26.7 Å². The minimum absolute atomic E-state index is 0.0376. The predicted molar refractivity (Wildman–Crippen MR) is 77.8 cm³/mol. The van der Waals surface area contributed by atoms with Crippen LogP contribution in [0, 0.1) is 5.41 Å². The molecule has 0 spiro atoms. The van der Waals surface area contributed by atoms with Gasteiger partial charge in [-0.3, -0.25) is 0 Å². The van der Waals surface area contributed by atoms with E-state index < -0.39 is 5.41 Å². The van der Waals surface area contributed by atoms with E-state index >= 15 is 0 Å². The zero-order valence-electron chi connectivity index (χ0n) is 12.6. The second-order valence-electron chi connectivity index (χ2n) is 4.98. The van der Waals surface area contributed by atoms with Gasteiger partial charge in [0.15, 0.2) is 0 Å². The summed E-state index contributed by atoms with van der Waals surface area (Å²) in [4.78, 5) is 11.6. The fourth-order valence-corrected chi connectivity index (χ4v) is 2.13. The summed E-state index contributed by atoms with van der Waals surface area (Å²) in [6, 6.07) is 0. The third-order valence-corrected chi connectivity index (χ3v) is 3.51. The minimum atomic E-state index is -0.431. The largest absolute Gasteiger partial charge is 0.377 e. The van der Waals surface area contributed by atoms with Gasteiger partial charge < -0.3 is 9.53 Å². The molecule has 0 aliphatic carbocycles. The third kappa shape index (κ3) is 5.81. The van der Waals surface area contributed by atoms with Crippen LogP contribution in [-0.4, -0.2) is 19.0 Å². The lowest BCUT2D eigenvalue weighted by molar-refractivity contribution is -0.121. The molecule has 0 aliphatic rings. The van der Waals surface area contributed by atoms with Gasteiger partial charge in [-0.1, -0.05) is 51.7 Å². The van der Waals surface area contributed by atoms with Crippen molar-refractivity contribution in [2.45, 2.75) is 72.3 Å². The van der Waals surface area contributed by atoms with Gasteiger partial charge >= 0.3 is 0 Å². The molecule has 0 aromatic carbocycles. The van der Waals surface area contributed by atoms with E-state index in [1.807, 2.05) is 13.8 Å². The molecule has 0 unspecified atom stereocenters. The van der Waals surface area contributed by atoms with Gasteiger partial charge in [-0.15, -0.1) is 0 Å². The lowest BCUT2D eigenvalue weighted by atomic mass is 9.79. The molecule has 0 aromatic heterocycles. The van der Waals surface area contributed by atoms with Crippen molar-refractivity contribution < 1.29 is 9.53 Å². The third-order valence-electron chi connectivity index (χ3n) is 3.51. The Labute approximate surface area is 113 Å². The van der Waals surface area contributed by atoms with Crippen molar-refractivity contribution in [1.29, 1.82) is 0 Å². The van der Waals surface area contributed by atoms with Crippen LogP contribution in [0.25, 0.3) is 0 Å². The topological polar surface area (TPSA) is 26.3 Å². The van der Waals surface area contributed by atoms with Crippen molar-refractivity contribution in [3.05, 3.63) is 12.2 Å². The van der Waals surface area contributed by atoms with E-state index in [0.717, 1.165) is 32.0 Å². The summed E-state index contributed by atoms with van der Waals surface area (Å²) in [5.74, 6) is 0. The summed E-state index contributed by atoms with van der Waals surface area (Å²) in [6.07, 6.45) is 11.8. The van der Waals surface area contributed by atoms with Crippen LogP contribution in [0.4, 0.5) is 0 Å². The molecule has 2 atom stereocenters. The van der Waals surface area contributed by atoms with Gasteiger partial charge in [-0.25, -0.2) is 0 Å². The van der Waals surface area contributed by atoms with Crippen molar-refractivity contribution in [3.63, 3.8) is 0 Å². The van der Waals surface area contributed by atoms with E-state index in [4.69, 9.17) is 4.74 Å². The first-order chi connectivity index (χ1) is 8.66. The maximum Gasteiger partial charge on any atom is 0.132 e. The second-order valence-corrected chi connectivity index (χ2v) is 4.98. The maximum atomic E-state index is 11.6. The van der Waals surface area contributed by atoms with Crippen LogP contribution in [0.2, 0.25) is 0 Å². The zero-order chi connectivity index (χ0) is 13.9. The normalized spacial score (nSPS) is 16.7. The quantitative estimate of drug-likeness (QED) is 0.307. The van der Waals surface area contributed by atoms with Crippen molar-refractivity contribution in [1.82, 2.24) is 0 Å². The monoisotopic (exact) mass is 254 g/mol. The number of rotatable bonds is 11. The molecule has 0 aromatic rings. The Morgan fingerprint density at radius 2 is 1.83 bits per heavy atom. The van der Waals surface area contributed by atoms with Gasteiger partial charge in [-0.2, -0.15) is 0 Å². The summed E-state index contributed by atoms with van der Waals surface area (Å²) in [6.45, 7) is 8.98. The Balaban J connectivity index is 4.73. The Kier molecular flexibility index (Phi) is 9.95. The number of carbonyl (C=O) groups excluding carboxylic acids is 1. The van der Waals surface area contributed by atoms with Crippen molar-refractivity contribution >= 4 is 6.29 Å². The average Bonchev–Trinajstić information content (AvgIpc) is 2.39. The van der Waals surface area contributed by atoms with Crippen LogP contribution in [0.1, 0.15) is 66.2 Å². The first-order valence-corrected chi connectivity index (χ1v) is 7.42. The predicted octanol–water partition coefficient (Wildman–Crippen LogP) is 4.53. The fraction of sp³-hybridized carbons (Fsp3) is 0.812. The summed E-state index contributed by atoms with van der Waals surface area (Å²) in [7, 11) is 0. The molecule has 18 heavy (non-hydrogen) atoms. The van der Waals surface area contributed by atoms with E-state index in [2.05, 4.69) is 26.0 Å². The molecule has 0 saturated carbocycles. The SMILES string of the molecule is CCCC/C=C/[C@@](C=O)(CCCC)[C@H](C)OCC. The molecular weight excluding hydrogens is 224 g/mol. The van der Waals surface area contributed by atoms with E-state index in [1.165, 1.54) is 12.8 Å². The number of unbranched alkanes of at least 4 members (excludes halogenated alkanes) is 3. The van der Waals surface area contributed by atoms with Crippen LogP contribution in [0.15, 0.2) is 12.2 Å². The number of allylic oxidation sites excluding steroid dienone is 1. The molecule has 0 radical (unpaired) electrons. The lowest BCUT2D eigenvalue weighted by Crippen LogP contribution is -2.35. The Morgan fingerprint density at radius 3 is 2.33 bits per heavy atom. The molecule has 2 heteroatoms. The summed E-state index contributed by atoms with van der Waals surface area (Å²) in [5.41, 5.74) is -0.431. The molecule has 0 amide bonds. The molecule has 0 saturated heterocycles. The maximum absolute atomic E-state index is 11.6. The Hall–Kier alpha value is -0.630. The molecule has 0 rings (SSSR count). The average molecular weight is 254 g/mol. The van der Waals surface area contributed by atoms with E-state index in [0.29, 0.717) is 6.61 Å². The Morgan fingerprint density at radius 1 is 1.17 bits per heavy atom. The zero-order valence-corrected chi connectivity index (χ0v) is 12.6. The van der Waals surface area contributed by atoms with Crippen LogP contribution in [-0.2, 0) is 9.53 Å². The minimum Gasteiger partial charge on any atom is -0.377 e. The van der Waals surface area contributed by atoms with E-state index in [9.17, 15) is 4.79 Å². The van der Waals surface area contributed by atoms with Gasteiger partial charge in [0.1, 0.15) is 6.29 Å².